The minimum Gasteiger partial charge on any atom is -1.00 e. The summed E-state index contributed by atoms with van der Waals surface area (Å²) in [4.78, 5) is 133. The van der Waals surface area contributed by atoms with E-state index in [0.29, 0.717) is 88.4 Å². The molecule has 18 rings (SSSR count). The van der Waals surface area contributed by atoms with E-state index in [9.17, 15) is 43.5 Å². The number of ether oxygens (including phenoxy) is 6. The normalized spacial score (nSPS) is 20.6. The van der Waals surface area contributed by atoms with Crippen LogP contribution in [0.1, 0.15) is 231 Å². The van der Waals surface area contributed by atoms with E-state index in [2.05, 4.69) is 83.8 Å². The number of pyridine rings is 4. The number of fused-ring (bicyclic) bond motifs is 4. The Bertz CT molecular complexity index is 5740. The number of hydrogen-bond acceptors (Lipinski definition) is 32. The predicted molar refractivity (Wildman–Crippen MR) is 478 cm³/mol. The average Bonchev–Trinajstić information content (AvgIpc) is 1.63. The number of nitrogens with one attached hydrogen (secondary N) is 4. The number of likely N-dealkylation sites (tertiary alicyclic amines) is 3. The molecule has 134 heavy (non-hydrogen) atoms. The van der Waals surface area contributed by atoms with E-state index in [0.717, 1.165) is 91.3 Å². The van der Waals surface area contributed by atoms with Gasteiger partial charge in [0.2, 0.25) is 0 Å². The van der Waals surface area contributed by atoms with Crippen molar-refractivity contribution in [3.63, 3.8) is 0 Å². The number of hydrogen-bond donors (Lipinski definition) is 6. The SMILES string of the molecule is CC1(C)OC(=O)c2c1ccnc2Cl.C[C@@H]1CC[C@@H](Nc2nccc3c2C(=O)OC3(C)C)CN1.C[C@@H]1CC[C@@H](Nc2nccc3c2C(=O)OC3(C)C)CN1C(=O)OCc1ccccc1.C[C@@H]1CC[C@@H](Nc2nccc3c2C(=O)OC3(C)C)CN1C(=O)c1ccccc1-n1ncnn1.C[C@@H]1CC[C@@H](O)CN1C(=O)OCc1ccccc1.O=C(O)c1ccccc1-n1ncnn1.O=CO[O-].[Cs+].[Cs+].[H-]. The van der Waals surface area contributed by atoms with Gasteiger partial charge in [-0.15, -0.1) is 30.0 Å². The molecule has 0 spiro atoms. The molecule has 3 amide bonds. The fourth-order valence-electron chi connectivity index (χ4n) is 16.3. The van der Waals surface area contributed by atoms with E-state index in [4.69, 9.17) is 55.2 Å². The number of para-hydroxylation sites is 2. The van der Waals surface area contributed by atoms with E-state index in [1.54, 1.807) is 71.0 Å². The maximum Gasteiger partial charge on any atom is 1.00 e. The summed E-state index contributed by atoms with van der Waals surface area (Å²) < 4.78 is 32.4. The molecule has 0 unspecified atom stereocenters. The van der Waals surface area contributed by atoms with Crippen LogP contribution in [0, 0.1) is 0 Å². The van der Waals surface area contributed by atoms with Gasteiger partial charge in [0.25, 0.3) is 12.4 Å². The molecule has 0 aliphatic carbocycles. The zero-order chi connectivity index (χ0) is 94.8. The van der Waals surface area contributed by atoms with Crippen molar-refractivity contribution >= 4 is 83.5 Å². The first-order valence-electron chi connectivity index (χ1n) is 43.2. The number of aromatic nitrogens is 12. The number of aliphatic hydroxyl groups excluding tert-OH is 1. The van der Waals surface area contributed by atoms with Crippen molar-refractivity contribution in [2.45, 2.75) is 218 Å². The number of cyclic esters (lactones) is 4. The third kappa shape index (κ3) is 26.9. The molecule has 0 saturated carbocycles. The number of benzene rings is 4. The van der Waals surface area contributed by atoms with Gasteiger partial charge in [0.05, 0.1) is 23.8 Å². The summed E-state index contributed by atoms with van der Waals surface area (Å²) in [5.41, 5.74) is 6.36. The molecule has 8 aliphatic rings. The molecule has 4 fully saturated rings. The number of rotatable bonds is 15. The van der Waals surface area contributed by atoms with Gasteiger partial charge in [-0.25, -0.2) is 53.5 Å². The van der Waals surface area contributed by atoms with Crippen LogP contribution in [0.5, 0.6) is 0 Å². The second-order valence-corrected chi connectivity index (χ2v) is 34.9. The summed E-state index contributed by atoms with van der Waals surface area (Å²) in [7, 11) is 0. The molecule has 41 heteroatoms. The maximum absolute atomic E-state index is 13.6. The summed E-state index contributed by atoms with van der Waals surface area (Å²) in [6.07, 6.45) is 15.3. The van der Waals surface area contributed by atoms with Crippen LogP contribution in [0.2, 0.25) is 5.15 Å². The molecule has 0 bridgehead atoms. The molecule has 38 nitrogen and oxygen atoms in total. The Morgan fingerprint density at radius 3 is 1.25 bits per heavy atom. The first-order valence-corrected chi connectivity index (χ1v) is 43.6. The number of carbonyl (C=O) groups excluding carboxylic acids is 8. The van der Waals surface area contributed by atoms with Crippen molar-refractivity contribution in [2.75, 3.05) is 42.1 Å². The third-order valence-electron chi connectivity index (χ3n) is 23.4. The number of halogens is 1. The van der Waals surface area contributed by atoms with Crippen LogP contribution in [0.25, 0.3) is 11.4 Å². The molecule has 8 atom stereocenters. The number of aromatic carboxylic acids is 1. The number of carboxylic acid groups (broad SMARTS) is 1. The van der Waals surface area contributed by atoms with Crippen molar-refractivity contribution in [1.82, 2.24) is 80.4 Å². The van der Waals surface area contributed by atoms with Crippen molar-refractivity contribution in [3.05, 3.63) is 243 Å². The Balaban J connectivity index is 0.000000185. The maximum atomic E-state index is 13.6. The molecule has 4 aromatic carbocycles. The van der Waals surface area contributed by atoms with E-state index >= 15 is 0 Å². The van der Waals surface area contributed by atoms with Crippen LogP contribution < -0.4 is 164 Å². The smallest absolute Gasteiger partial charge is 1.00 e. The first-order chi connectivity index (χ1) is 63.1. The van der Waals surface area contributed by atoms with Crippen molar-refractivity contribution in [1.29, 1.82) is 0 Å². The van der Waals surface area contributed by atoms with Crippen LogP contribution in [0.4, 0.5) is 27.0 Å². The topological polar surface area (TPSA) is 478 Å². The summed E-state index contributed by atoms with van der Waals surface area (Å²) in [6, 6.07) is 41.2. The number of β-amino-alcohol motifs (C(OH)–C–C–N with tert-alkyl or cyclic N) is 1. The number of tetrazole rings is 2. The third-order valence-corrected chi connectivity index (χ3v) is 23.7. The molecule has 698 valence electrons. The summed E-state index contributed by atoms with van der Waals surface area (Å²) in [5.74, 6) is -0.866. The van der Waals surface area contributed by atoms with Gasteiger partial charge in [-0.3, -0.25) is 9.59 Å². The van der Waals surface area contributed by atoms with Crippen LogP contribution in [-0.4, -0.2) is 214 Å². The molecule has 0 radical (unpaired) electrons. The molecule has 6 N–H and O–H groups in total. The van der Waals surface area contributed by atoms with Crippen LogP contribution in [-0.2, 0) is 73.7 Å². The fraction of sp³-hybridized carbons (Fsp3) is 0.409. The summed E-state index contributed by atoms with van der Waals surface area (Å²) >= 11 is 5.78. The van der Waals surface area contributed by atoms with Gasteiger partial charge in [-0.1, -0.05) is 96.5 Å². The van der Waals surface area contributed by atoms with E-state index in [1.165, 1.54) is 28.3 Å². The quantitative estimate of drug-likeness (QED) is 0.0173. The standard InChI is InChI=1S/C23H25N7O3.C23H27N3O4.C15H21N3O2.C14H19NO3.C9H8ClNO2.C8H6N4O2.CH2O3.2Cs.H/c1-14-8-9-15(27-20-19-17(10-11-24-20)23(2,3)33-22(19)32)12-29(14)21(31)16-6-4-5-7-18(16)30-26-13-25-28-30;1-15-9-10-17(13-26(15)22(28)29-14-16-7-5-4-6-8-16)25-20-19-18(11-12-24-20)23(2,3)30-21(19)27;1-9-4-5-10(8-17-9)18-13-12-11(6-7-16-13)15(2,3)20-14(12)19;1-11-7-8-13(16)9-15(11)14(17)18-10-12-5-3-2-4-6-12;1-9(2)5-3-4-11-7(10)6(5)8(12)13-9;13-8(14)6-3-1-2-4-7(6)12-10-5-9-11-12;2-1-4-3;;;/h4-7,10-11,13-15H,8-9,12H2,1-3H3,(H,24,27);4-8,11-12,15,17H,9-10,13-14H2,1-3H3,(H,24,25);6-7,9-10,17H,4-5,8H2,1-3H3,(H,16,18);2-6,11,13,16H,7-10H2,1H3;3-4H,1-2H3;1-5H,(H,13,14);1,3H;;;/q;;;;;;;2*+1;-1/p-1/t14-,15-;15-,17-;9-,10-;11-,13-;;;;;;/m1111....../s1. The van der Waals surface area contributed by atoms with Crippen molar-refractivity contribution in [3.8, 4) is 11.4 Å². The number of carboxylic acids is 1. The monoisotopic (exact) mass is 2100 g/mol. The van der Waals surface area contributed by atoms with Gasteiger partial charge in [-0.2, -0.15) is 0 Å². The van der Waals surface area contributed by atoms with Crippen LogP contribution in [0.3, 0.4) is 0 Å². The van der Waals surface area contributed by atoms with E-state index in [1.807, 2.05) is 172 Å². The number of nitrogens with zero attached hydrogens (tertiary/aromatic N) is 15. The average molecular weight is 2100 g/mol. The zero-order valence-electron chi connectivity index (χ0n) is 78.2. The Morgan fingerprint density at radius 1 is 0.493 bits per heavy atom. The van der Waals surface area contributed by atoms with Crippen LogP contribution >= 0.6 is 11.6 Å². The number of esters is 4. The summed E-state index contributed by atoms with van der Waals surface area (Å²) in [5, 5.41) is 63.4. The number of carbonyl (C=O) groups is 9. The molecular weight excluding hydrogens is 1990 g/mol. The number of aliphatic hydroxyl groups is 1. The Morgan fingerprint density at radius 2 is 0.851 bits per heavy atom. The summed E-state index contributed by atoms with van der Waals surface area (Å²) in [6.45, 7) is 25.7. The van der Waals surface area contributed by atoms with Crippen molar-refractivity contribution < 1.29 is 231 Å². The second-order valence-electron chi connectivity index (χ2n) is 34.5. The predicted octanol–water partition coefficient (Wildman–Crippen LogP) is 5.92. The molecule has 10 aromatic rings. The minimum absolute atomic E-state index is 0. The first kappa shape index (κ1) is 106. The molecular formula is C93H108ClCs2N19O19. The Labute approximate surface area is 898 Å². The van der Waals surface area contributed by atoms with Crippen molar-refractivity contribution in [2.24, 2.45) is 0 Å². The fourth-order valence-corrected chi connectivity index (χ4v) is 16.6. The Hall–Kier alpha value is -9.88. The van der Waals surface area contributed by atoms with E-state index < -0.39 is 40.4 Å². The molecule has 6 aromatic heterocycles. The minimum atomic E-state index is -1.02. The van der Waals surface area contributed by atoms with E-state index in [-0.39, 0.29) is 236 Å². The molecule has 4 saturated heterocycles. The van der Waals surface area contributed by atoms with Gasteiger partial charge < -0.3 is 86.2 Å². The second kappa shape index (κ2) is 48.2. The van der Waals surface area contributed by atoms with Crippen LogP contribution in [0.15, 0.2) is 171 Å². The van der Waals surface area contributed by atoms with Gasteiger partial charge >= 0.3 is 180 Å². The Kier molecular flexibility index (Phi) is 38.2. The number of piperidine rings is 4. The van der Waals surface area contributed by atoms with Gasteiger partial charge in [0.1, 0.15) is 91.9 Å². The number of anilines is 3. The molecule has 14 heterocycles. The molecule has 8 aliphatic heterocycles. The zero-order valence-corrected chi connectivity index (χ0v) is 90.5. The number of amides is 3. The van der Waals surface area contributed by atoms with Gasteiger partial charge in [0.15, 0.2) is 12.7 Å². The van der Waals surface area contributed by atoms with Gasteiger partial charge in [-0.05, 0) is 205 Å². The van der Waals surface area contributed by atoms with Gasteiger partial charge in [0, 0.05) is 109 Å². The largest absolute Gasteiger partial charge is 1.00 e.